The van der Waals surface area contributed by atoms with Crippen LogP contribution in [0.1, 0.15) is 62.0 Å². The van der Waals surface area contributed by atoms with Crippen LogP contribution < -0.4 is 19.6 Å². The van der Waals surface area contributed by atoms with Gasteiger partial charge in [-0.25, -0.2) is 19.3 Å². The summed E-state index contributed by atoms with van der Waals surface area (Å²) in [6.07, 6.45) is 0. The van der Waals surface area contributed by atoms with Crippen LogP contribution in [0.5, 0.6) is 0 Å². The molecule has 2 fully saturated rings. The van der Waals surface area contributed by atoms with Crippen molar-refractivity contribution in [3.05, 3.63) is 201 Å². The molecule has 8 rings (SSSR count). The maximum Gasteiger partial charge on any atom is 0.330 e. The Hall–Kier alpha value is -6.58. The summed E-state index contributed by atoms with van der Waals surface area (Å²) >= 11 is 12.2. The van der Waals surface area contributed by atoms with Gasteiger partial charge in [0.15, 0.2) is 11.4 Å². The van der Waals surface area contributed by atoms with E-state index >= 15 is 0 Å². The Labute approximate surface area is 362 Å². The molecule has 0 radical (unpaired) electrons. The van der Waals surface area contributed by atoms with Crippen molar-refractivity contribution in [1.29, 1.82) is 0 Å². The molecule has 300 valence electrons. The van der Waals surface area contributed by atoms with E-state index < -0.39 is 11.1 Å². The maximum absolute atomic E-state index is 13.8. The van der Waals surface area contributed by atoms with Crippen molar-refractivity contribution in [3.8, 4) is 0 Å². The lowest BCUT2D eigenvalue weighted by Crippen LogP contribution is -2.43. The molecule has 10 heteroatoms. The summed E-state index contributed by atoms with van der Waals surface area (Å²) in [5.41, 5.74) is 7.59. The summed E-state index contributed by atoms with van der Waals surface area (Å²) in [6, 6.07) is 45.0. The van der Waals surface area contributed by atoms with E-state index in [9.17, 15) is 9.59 Å². The fourth-order valence-electron chi connectivity index (χ4n) is 8.56. The molecule has 2 atom stereocenters. The van der Waals surface area contributed by atoms with Crippen molar-refractivity contribution in [2.75, 3.05) is 19.6 Å². The van der Waals surface area contributed by atoms with Crippen LogP contribution >= 0.6 is 23.2 Å². The molecule has 6 aromatic carbocycles. The van der Waals surface area contributed by atoms with E-state index in [4.69, 9.17) is 36.3 Å². The number of carbonyl (C=O) groups is 2. The monoisotopic (exact) mass is 830 g/mol. The highest BCUT2D eigenvalue weighted by Crippen LogP contribution is 2.49. The van der Waals surface area contributed by atoms with E-state index in [1.807, 2.05) is 80.3 Å². The van der Waals surface area contributed by atoms with E-state index in [0.29, 0.717) is 21.4 Å². The van der Waals surface area contributed by atoms with Crippen molar-refractivity contribution < 1.29 is 9.59 Å². The molecule has 0 N–H and O–H groups in total. The first-order valence-electron chi connectivity index (χ1n) is 19.5. The largest absolute Gasteiger partial charge is 0.330 e. The van der Waals surface area contributed by atoms with Crippen molar-refractivity contribution in [2.24, 2.45) is 0 Å². The minimum absolute atomic E-state index is 0.107. The number of amides is 4. The Bertz CT molecular complexity index is 2450. The fourth-order valence-corrected chi connectivity index (χ4v) is 8.81. The predicted molar refractivity (Wildman–Crippen MR) is 245 cm³/mol. The molecular weight excluding hydrogens is 787 g/mol. The first-order valence-corrected chi connectivity index (χ1v) is 20.3. The number of halogens is 2. The Kier molecular flexibility index (Phi) is 11.5. The molecule has 0 aliphatic carbocycles. The Morgan fingerprint density at radius 2 is 0.800 bits per heavy atom. The summed E-state index contributed by atoms with van der Waals surface area (Å²) in [7, 11) is 0. The first kappa shape index (κ1) is 41.6. The van der Waals surface area contributed by atoms with Gasteiger partial charge in [-0.3, -0.25) is 19.6 Å². The number of anilines is 4. The number of hydrogen-bond acceptors (Lipinski definition) is 2. The molecule has 2 saturated heterocycles. The van der Waals surface area contributed by atoms with Crippen molar-refractivity contribution in [3.63, 3.8) is 0 Å². The predicted octanol–water partition coefficient (Wildman–Crippen LogP) is 14.3. The quantitative estimate of drug-likeness (QED) is 0.157. The SMILES string of the molecule is [C-]#[N+]c1ccc(N2C(=O)N(c3ccc(Cl)cc3)C(C)(C)[C@@H]2c2cccc(C)c2)cc1.[C-]#[N+]c1ccc(N2C(=O)N(c3ccc(Cl)cc3)C(C)(C)[C@H]2c2cccc(C)c2)cc1. The van der Waals surface area contributed by atoms with E-state index in [1.54, 1.807) is 48.5 Å². The third kappa shape index (κ3) is 7.80. The second-order valence-electron chi connectivity index (χ2n) is 16.1. The lowest BCUT2D eigenvalue weighted by Gasteiger charge is -2.35. The molecular formula is C50H44Cl2N6O2. The van der Waals surface area contributed by atoms with Gasteiger partial charge >= 0.3 is 12.1 Å². The molecule has 2 aliphatic rings. The van der Waals surface area contributed by atoms with E-state index in [1.165, 1.54) is 0 Å². The van der Waals surface area contributed by atoms with E-state index in [2.05, 4.69) is 87.6 Å². The van der Waals surface area contributed by atoms with Gasteiger partial charge in [-0.05, 0) is 125 Å². The second kappa shape index (κ2) is 16.6. The average Bonchev–Trinajstić information content (AvgIpc) is 3.58. The number of benzene rings is 6. The van der Waals surface area contributed by atoms with Crippen molar-refractivity contribution >= 4 is 69.4 Å². The average molecular weight is 832 g/mol. The maximum atomic E-state index is 13.8. The lowest BCUT2D eigenvalue weighted by molar-refractivity contribution is 0.253. The Morgan fingerprint density at radius 3 is 1.10 bits per heavy atom. The van der Waals surface area contributed by atoms with Crippen LogP contribution in [0.15, 0.2) is 146 Å². The van der Waals surface area contributed by atoms with Gasteiger partial charge < -0.3 is 0 Å². The molecule has 0 bridgehead atoms. The van der Waals surface area contributed by atoms with Gasteiger partial charge in [0.1, 0.15) is 0 Å². The number of carbonyl (C=O) groups excluding carboxylic acids is 2. The normalized spacial score (nSPS) is 17.8. The molecule has 2 heterocycles. The molecule has 4 amide bonds. The highest BCUT2D eigenvalue weighted by Gasteiger charge is 2.54. The minimum Gasteiger partial charge on any atom is -0.286 e. The third-order valence-electron chi connectivity index (χ3n) is 11.2. The Balaban J connectivity index is 0.000000181. The molecule has 0 spiro atoms. The molecule has 8 nitrogen and oxygen atoms in total. The number of aryl methyl sites for hydroxylation is 2. The van der Waals surface area contributed by atoms with Crippen LogP contribution in [-0.4, -0.2) is 23.1 Å². The van der Waals surface area contributed by atoms with Crippen molar-refractivity contribution in [1.82, 2.24) is 0 Å². The van der Waals surface area contributed by atoms with Gasteiger partial charge in [-0.1, -0.05) is 107 Å². The summed E-state index contributed by atoms with van der Waals surface area (Å²) in [5, 5.41) is 1.26. The summed E-state index contributed by atoms with van der Waals surface area (Å²) < 4.78 is 0. The second-order valence-corrected chi connectivity index (χ2v) is 17.0. The molecule has 0 aromatic heterocycles. The van der Waals surface area contributed by atoms with Gasteiger partial charge in [0.2, 0.25) is 0 Å². The molecule has 6 aromatic rings. The summed E-state index contributed by atoms with van der Waals surface area (Å²) in [4.78, 5) is 41.8. The number of hydrogen-bond donors (Lipinski definition) is 0. The highest BCUT2D eigenvalue weighted by molar-refractivity contribution is 6.31. The first-order chi connectivity index (χ1) is 28.6. The molecule has 2 aliphatic heterocycles. The van der Waals surface area contributed by atoms with Gasteiger partial charge in [0.25, 0.3) is 0 Å². The smallest absolute Gasteiger partial charge is 0.286 e. The third-order valence-corrected chi connectivity index (χ3v) is 11.7. The van der Waals surface area contributed by atoms with Crippen LogP contribution in [0, 0.1) is 27.0 Å². The molecule has 0 unspecified atom stereocenters. The number of nitrogens with zero attached hydrogens (tertiary/aromatic N) is 6. The topological polar surface area (TPSA) is 55.8 Å². The zero-order valence-electron chi connectivity index (χ0n) is 34.3. The molecule has 60 heavy (non-hydrogen) atoms. The fraction of sp³-hybridized carbons (Fsp3) is 0.200. The highest BCUT2D eigenvalue weighted by atomic mass is 35.5. The Morgan fingerprint density at radius 1 is 0.483 bits per heavy atom. The summed E-state index contributed by atoms with van der Waals surface area (Å²) in [6.45, 7) is 26.9. The van der Waals surface area contributed by atoms with Gasteiger partial charge in [0.05, 0.1) is 36.3 Å². The standard InChI is InChI=1S/2C25H22ClN3O/c2*1-17-6-5-7-18(16-17)23-25(2,3)29(22-12-8-19(26)9-13-22)24(30)28(23)21-14-10-20(27-4)11-15-21/h2*5-16,23H,1-3H3/t2*23-/m10/s1. The van der Waals surface area contributed by atoms with Gasteiger partial charge in [0, 0.05) is 32.8 Å². The number of rotatable bonds is 6. The molecule has 0 saturated carbocycles. The van der Waals surface area contributed by atoms with Gasteiger partial charge in [-0.15, -0.1) is 0 Å². The zero-order chi connectivity index (χ0) is 42.9. The zero-order valence-corrected chi connectivity index (χ0v) is 35.8. The van der Waals surface area contributed by atoms with E-state index in [-0.39, 0.29) is 24.1 Å². The van der Waals surface area contributed by atoms with Gasteiger partial charge in [-0.2, -0.15) is 0 Å². The number of urea groups is 2. The van der Waals surface area contributed by atoms with Crippen LogP contribution in [0.4, 0.5) is 43.7 Å². The summed E-state index contributed by atoms with van der Waals surface area (Å²) in [5.74, 6) is 0. The van der Waals surface area contributed by atoms with Crippen molar-refractivity contribution in [2.45, 2.75) is 64.7 Å². The van der Waals surface area contributed by atoms with Crippen LogP contribution in [0.25, 0.3) is 9.69 Å². The van der Waals surface area contributed by atoms with Crippen LogP contribution in [-0.2, 0) is 0 Å². The van der Waals surface area contributed by atoms with E-state index in [0.717, 1.165) is 45.0 Å². The lowest BCUT2D eigenvalue weighted by atomic mass is 9.87. The van der Waals surface area contributed by atoms with Crippen LogP contribution in [0.2, 0.25) is 10.0 Å². The van der Waals surface area contributed by atoms with Crippen LogP contribution in [0.3, 0.4) is 0 Å². The minimum atomic E-state index is -0.531.